The van der Waals surface area contributed by atoms with Crippen LogP contribution in [0.4, 0.5) is 0 Å². The monoisotopic (exact) mass is 265 g/mol. The molecule has 2 heterocycles. The lowest BCUT2D eigenvalue weighted by molar-refractivity contribution is 0.0563. The fourth-order valence-corrected chi connectivity index (χ4v) is 2.35. The van der Waals surface area contributed by atoms with Crippen LogP contribution in [0.3, 0.4) is 0 Å². The largest absolute Gasteiger partial charge is 0.463 e. The molecular formula is C13H15NO3S. The first kappa shape index (κ1) is 12.9. The molecule has 0 amide bonds. The maximum absolute atomic E-state index is 11.4. The molecule has 0 unspecified atom stereocenters. The summed E-state index contributed by atoms with van der Waals surface area (Å²) in [5, 5.41) is 5.35. The molecule has 0 radical (unpaired) electrons. The van der Waals surface area contributed by atoms with E-state index >= 15 is 0 Å². The van der Waals surface area contributed by atoms with Gasteiger partial charge in [-0.3, -0.25) is 0 Å². The topological polar surface area (TPSA) is 51.5 Å². The van der Waals surface area contributed by atoms with Crippen molar-refractivity contribution in [2.24, 2.45) is 0 Å². The van der Waals surface area contributed by atoms with E-state index in [0.717, 1.165) is 18.5 Å². The molecule has 0 bridgehead atoms. The van der Waals surface area contributed by atoms with Crippen LogP contribution in [0.5, 0.6) is 0 Å². The van der Waals surface area contributed by atoms with Crippen LogP contribution in [-0.2, 0) is 17.7 Å². The predicted octanol–water partition coefficient (Wildman–Crippen LogP) is 2.46. The van der Waals surface area contributed by atoms with Crippen molar-refractivity contribution >= 4 is 17.3 Å². The van der Waals surface area contributed by atoms with E-state index < -0.39 is 5.97 Å². The number of nitrogens with one attached hydrogen (secondary N) is 1. The average Bonchev–Trinajstić information content (AvgIpc) is 3.04. The van der Waals surface area contributed by atoms with Crippen LogP contribution in [0.2, 0.25) is 0 Å². The molecule has 0 saturated carbocycles. The fourth-order valence-electron chi connectivity index (χ4n) is 1.64. The molecule has 0 saturated heterocycles. The van der Waals surface area contributed by atoms with Crippen molar-refractivity contribution < 1.29 is 13.9 Å². The van der Waals surface area contributed by atoms with E-state index in [1.54, 1.807) is 17.4 Å². The van der Waals surface area contributed by atoms with Crippen LogP contribution < -0.4 is 5.32 Å². The van der Waals surface area contributed by atoms with Crippen molar-refractivity contribution in [1.29, 1.82) is 0 Å². The third-order valence-electron chi connectivity index (χ3n) is 2.56. The Morgan fingerprint density at radius 3 is 3.11 bits per heavy atom. The van der Waals surface area contributed by atoms with Crippen molar-refractivity contribution in [3.05, 3.63) is 46.0 Å². The average molecular weight is 265 g/mol. The van der Waals surface area contributed by atoms with Gasteiger partial charge in [-0.05, 0) is 23.9 Å². The van der Waals surface area contributed by atoms with Gasteiger partial charge in [0, 0.05) is 23.5 Å². The van der Waals surface area contributed by atoms with Crippen molar-refractivity contribution in [3.8, 4) is 0 Å². The number of ether oxygens (including phenoxy) is 1. The molecule has 5 heteroatoms. The maximum atomic E-state index is 11.4. The van der Waals surface area contributed by atoms with Crippen LogP contribution in [0.15, 0.2) is 34.3 Å². The summed E-state index contributed by atoms with van der Waals surface area (Å²) in [6.07, 6.45) is 2.49. The Morgan fingerprint density at radius 1 is 1.50 bits per heavy atom. The standard InChI is InChI=1S/C13H15NO3S/c1-16-13(15)12-10(5-7-17-12)9-14-6-4-11-3-2-8-18-11/h2-3,5,7-8,14H,4,6,9H2,1H3. The lowest BCUT2D eigenvalue weighted by Gasteiger charge is -2.03. The summed E-state index contributed by atoms with van der Waals surface area (Å²) >= 11 is 1.75. The third kappa shape index (κ3) is 3.21. The van der Waals surface area contributed by atoms with Gasteiger partial charge in [-0.25, -0.2) is 4.79 Å². The maximum Gasteiger partial charge on any atom is 0.374 e. The number of hydrogen-bond acceptors (Lipinski definition) is 5. The van der Waals surface area contributed by atoms with E-state index in [-0.39, 0.29) is 5.76 Å². The molecule has 0 fully saturated rings. The summed E-state index contributed by atoms with van der Waals surface area (Å²) in [6.45, 7) is 1.47. The number of hydrogen-bond donors (Lipinski definition) is 1. The second-order valence-corrected chi connectivity index (χ2v) is 4.80. The molecule has 1 N–H and O–H groups in total. The molecule has 0 atom stereocenters. The molecule has 0 aromatic carbocycles. The first-order valence-electron chi connectivity index (χ1n) is 5.69. The van der Waals surface area contributed by atoms with Crippen molar-refractivity contribution in [2.45, 2.75) is 13.0 Å². The molecule has 96 valence electrons. The molecule has 2 aromatic rings. The minimum absolute atomic E-state index is 0.279. The summed E-state index contributed by atoms with van der Waals surface area (Å²) < 4.78 is 9.75. The number of carbonyl (C=O) groups excluding carboxylic acids is 1. The van der Waals surface area contributed by atoms with E-state index in [1.165, 1.54) is 18.3 Å². The Labute approximate surface area is 110 Å². The van der Waals surface area contributed by atoms with Gasteiger partial charge in [0.15, 0.2) is 0 Å². The van der Waals surface area contributed by atoms with Gasteiger partial charge >= 0.3 is 5.97 Å². The number of esters is 1. The highest BCUT2D eigenvalue weighted by atomic mass is 32.1. The molecule has 2 rings (SSSR count). The number of thiophene rings is 1. The van der Waals surface area contributed by atoms with Crippen molar-refractivity contribution in [1.82, 2.24) is 5.32 Å². The lowest BCUT2D eigenvalue weighted by Crippen LogP contribution is -2.17. The normalized spacial score (nSPS) is 10.5. The zero-order valence-corrected chi connectivity index (χ0v) is 11.0. The third-order valence-corrected chi connectivity index (χ3v) is 3.50. The van der Waals surface area contributed by atoms with Gasteiger partial charge in [0.2, 0.25) is 5.76 Å². The molecule has 4 nitrogen and oxygen atoms in total. The highest BCUT2D eigenvalue weighted by molar-refractivity contribution is 7.09. The first-order chi connectivity index (χ1) is 8.81. The van der Waals surface area contributed by atoms with Gasteiger partial charge in [0.1, 0.15) is 0 Å². The Balaban J connectivity index is 1.80. The van der Waals surface area contributed by atoms with Gasteiger partial charge in [0.05, 0.1) is 13.4 Å². The number of rotatable bonds is 6. The van der Waals surface area contributed by atoms with Crippen LogP contribution in [0.1, 0.15) is 21.0 Å². The second-order valence-electron chi connectivity index (χ2n) is 3.77. The van der Waals surface area contributed by atoms with Gasteiger partial charge in [0.25, 0.3) is 0 Å². The van der Waals surface area contributed by atoms with Gasteiger partial charge in [-0.15, -0.1) is 11.3 Å². The van der Waals surface area contributed by atoms with Gasteiger partial charge < -0.3 is 14.5 Å². The Morgan fingerprint density at radius 2 is 2.39 bits per heavy atom. The highest BCUT2D eigenvalue weighted by Gasteiger charge is 2.14. The van der Waals surface area contributed by atoms with E-state index in [2.05, 4.69) is 21.5 Å². The molecule has 0 aliphatic heterocycles. The highest BCUT2D eigenvalue weighted by Crippen LogP contribution is 2.12. The molecule has 0 aliphatic rings. The van der Waals surface area contributed by atoms with Crippen LogP contribution >= 0.6 is 11.3 Å². The number of furan rings is 1. The first-order valence-corrected chi connectivity index (χ1v) is 6.57. The molecule has 0 aliphatic carbocycles. The zero-order valence-electron chi connectivity index (χ0n) is 10.1. The summed E-state index contributed by atoms with van der Waals surface area (Å²) in [6, 6.07) is 5.94. The van der Waals surface area contributed by atoms with E-state index in [4.69, 9.17) is 4.42 Å². The summed E-state index contributed by atoms with van der Waals surface area (Å²) in [5.74, 6) is -0.156. The molecule has 2 aromatic heterocycles. The van der Waals surface area contributed by atoms with Crippen LogP contribution in [0, 0.1) is 0 Å². The Bertz CT molecular complexity index is 490. The molecule has 18 heavy (non-hydrogen) atoms. The molecular weight excluding hydrogens is 250 g/mol. The SMILES string of the molecule is COC(=O)c1occc1CNCCc1cccs1. The zero-order chi connectivity index (χ0) is 12.8. The quantitative estimate of drug-likeness (QED) is 0.644. The van der Waals surface area contributed by atoms with Crippen molar-refractivity contribution in [2.75, 3.05) is 13.7 Å². The molecule has 0 spiro atoms. The van der Waals surface area contributed by atoms with E-state index in [1.807, 2.05) is 6.07 Å². The van der Waals surface area contributed by atoms with E-state index in [9.17, 15) is 4.79 Å². The smallest absolute Gasteiger partial charge is 0.374 e. The van der Waals surface area contributed by atoms with Gasteiger partial charge in [-0.1, -0.05) is 6.07 Å². The minimum atomic E-state index is -0.435. The minimum Gasteiger partial charge on any atom is -0.463 e. The van der Waals surface area contributed by atoms with Crippen LogP contribution in [0.25, 0.3) is 0 Å². The Hall–Kier alpha value is -1.59. The van der Waals surface area contributed by atoms with Gasteiger partial charge in [-0.2, -0.15) is 0 Å². The van der Waals surface area contributed by atoms with Crippen LogP contribution in [-0.4, -0.2) is 19.6 Å². The number of methoxy groups -OCH3 is 1. The lowest BCUT2D eigenvalue weighted by atomic mass is 10.2. The predicted molar refractivity (Wildman–Crippen MR) is 69.8 cm³/mol. The summed E-state index contributed by atoms with van der Waals surface area (Å²) in [4.78, 5) is 12.7. The Kier molecular flexibility index (Phi) is 4.55. The summed E-state index contributed by atoms with van der Waals surface area (Å²) in [7, 11) is 1.35. The van der Waals surface area contributed by atoms with E-state index in [0.29, 0.717) is 6.54 Å². The summed E-state index contributed by atoms with van der Waals surface area (Å²) in [5.41, 5.74) is 0.827. The second kappa shape index (κ2) is 6.37. The number of carbonyl (C=O) groups is 1. The fraction of sp³-hybridized carbons (Fsp3) is 0.308. The van der Waals surface area contributed by atoms with Crippen molar-refractivity contribution in [3.63, 3.8) is 0 Å².